The van der Waals surface area contributed by atoms with Gasteiger partial charge in [-0.05, 0) is 30.4 Å². The van der Waals surface area contributed by atoms with Crippen LogP contribution in [-0.2, 0) is 0 Å². The second kappa shape index (κ2) is 5.75. The van der Waals surface area contributed by atoms with Gasteiger partial charge in [-0.1, -0.05) is 0 Å². The highest BCUT2D eigenvalue weighted by Gasteiger charge is 2.40. The molecule has 0 bridgehead atoms. The van der Waals surface area contributed by atoms with Gasteiger partial charge in [0.25, 0.3) is 11.6 Å². The van der Waals surface area contributed by atoms with Gasteiger partial charge >= 0.3 is 5.69 Å². The van der Waals surface area contributed by atoms with Crippen molar-refractivity contribution in [3.05, 3.63) is 50.8 Å². The molecule has 1 fully saturated rings. The summed E-state index contributed by atoms with van der Waals surface area (Å²) in [6.45, 7) is 0. The van der Waals surface area contributed by atoms with E-state index in [9.17, 15) is 18.4 Å². The summed E-state index contributed by atoms with van der Waals surface area (Å²) in [5.74, 6) is -0.225. The largest absolute Gasteiger partial charge is 0.480 e. The fraction of sp³-hybridized carbons (Fsp3) is 0.286. The number of allylic oxidation sites excluding steroid dienone is 1. The number of hydrogen-bond acceptors (Lipinski definition) is 5. The summed E-state index contributed by atoms with van der Waals surface area (Å²) in [7, 11) is 1.41. The van der Waals surface area contributed by atoms with Crippen molar-refractivity contribution in [1.82, 2.24) is 20.2 Å². The summed E-state index contributed by atoms with van der Waals surface area (Å²) in [4.78, 5) is 27.3. The molecule has 0 unspecified atom stereocenters. The van der Waals surface area contributed by atoms with Gasteiger partial charge in [0.1, 0.15) is 5.69 Å². The van der Waals surface area contributed by atoms with Crippen LogP contribution in [0.4, 0.5) is 8.78 Å². The molecule has 1 aliphatic rings. The summed E-state index contributed by atoms with van der Waals surface area (Å²) in [6.07, 6.45) is 0.945. The standard InChI is InChI=1S/C14H12F2N4O3/c1-23-13-8(7-2-6(7)3-11(15)16)4-10(19-20-13)9-5-17-14(22)18-12(9)21/h3-7H,2H2,1H3,(H2,17,18,21,22)/t6-,7+/m1/s1. The van der Waals surface area contributed by atoms with Crippen molar-refractivity contribution in [2.75, 3.05) is 7.11 Å². The molecule has 0 radical (unpaired) electrons. The van der Waals surface area contributed by atoms with Crippen LogP contribution in [0.15, 0.2) is 34.0 Å². The minimum atomic E-state index is -1.73. The number of aromatic amines is 2. The lowest BCUT2D eigenvalue weighted by atomic mass is 10.1. The lowest BCUT2D eigenvalue weighted by Crippen LogP contribution is -2.23. The molecule has 0 spiro atoms. The summed E-state index contributed by atoms with van der Waals surface area (Å²) in [5, 5.41) is 7.77. The van der Waals surface area contributed by atoms with Crippen LogP contribution in [0.1, 0.15) is 17.9 Å². The highest BCUT2D eigenvalue weighted by molar-refractivity contribution is 5.58. The fourth-order valence-electron chi connectivity index (χ4n) is 2.47. The van der Waals surface area contributed by atoms with Crippen molar-refractivity contribution in [3.63, 3.8) is 0 Å². The molecule has 2 heterocycles. The number of nitrogens with zero attached hydrogens (tertiary/aromatic N) is 2. The Hall–Kier alpha value is -2.84. The number of nitrogens with one attached hydrogen (secondary N) is 2. The maximum Gasteiger partial charge on any atom is 0.325 e. The molecule has 9 heteroatoms. The lowest BCUT2D eigenvalue weighted by Gasteiger charge is -2.07. The first-order valence-electron chi connectivity index (χ1n) is 6.76. The molecule has 2 aromatic rings. The van der Waals surface area contributed by atoms with Crippen LogP contribution >= 0.6 is 0 Å². The van der Waals surface area contributed by atoms with E-state index >= 15 is 0 Å². The van der Waals surface area contributed by atoms with Crippen molar-refractivity contribution in [3.8, 4) is 17.1 Å². The van der Waals surface area contributed by atoms with Crippen LogP contribution in [-0.4, -0.2) is 27.3 Å². The minimum Gasteiger partial charge on any atom is -0.480 e. The predicted molar refractivity (Wildman–Crippen MR) is 76.4 cm³/mol. The highest BCUT2D eigenvalue weighted by Crippen LogP contribution is 2.51. The van der Waals surface area contributed by atoms with E-state index in [0.717, 1.165) is 6.08 Å². The molecule has 2 atom stereocenters. The number of hydrogen-bond donors (Lipinski definition) is 2. The molecule has 3 rings (SSSR count). The van der Waals surface area contributed by atoms with Gasteiger partial charge in [-0.25, -0.2) is 4.79 Å². The monoisotopic (exact) mass is 322 g/mol. The van der Waals surface area contributed by atoms with Gasteiger partial charge in [0.15, 0.2) is 0 Å². The third kappa shape index (κ3) is 3.03. The van der Waals surface area contributed by atoms with E-state index in [1.54, 1.807) is 6.07 Å². The summed E-state index contributed by atoms with van der Waals surface area (Å²) in [6, 6.07) is 1.57. The highest BCUT2D eigenvalue weighted by atomic mass is 19.3. The Morgan fingerprint density at radius 2 is 2.17 bits per heavy atom. The zero-order valence-electron chi connectivity index (χ0n) is 12.0. The van der Waals surface area contributed by atoms with E-state index in [0.29, 0.717) is 12.0 Å². The van der Waals surface area contributed by atoms with Gasteiger partial charge in [-0.3, -0.25) is 9.78 Å². The minimum absolute atomic E-state index is 0.130. The molecule has 1 aliphatic carbocycles. The molecule has 2 aromatic heterocycles. The van der Waals surface area contributed by atoms with Gasteiger partial charge in [0.05, 0.1) is 12.7 Å². The van der Waals surface area contributed by atoms with E-state index in [-0.39, 0.29) is 29.0 Å². The number of halogens is 2. The molecule has 23 heavy (non-hydrogen) atoms. The van der Waals surface area contributed by atoms with Crippen LogP contribution in [0.2, 0.25) is 0 Å². The Balaban J connectivity index is 2.02. The predicted octanol–water partition coefficient (Wildman–Crippen LogP) is 1.41. The SMILES string of the molecule is COc1nnc(-c2c[nH]c(=O)[nH]c2=O)cc1[C@H]1C[C@@H]1C=C(F)F. The number of aromatic nitrogens is 4. The van der Waals surface area contributed by atoms with E-state index < -0.39 is 17.3 Å². The molecular weight excluding hydrogens is 310 g/mol. The van der Waals surface area contributed by atoms with Gasteiger partial charge in [0.2, 0.25) is 5.88 Å². The van der Waals surface area contributed by atoms with Gasteiger partial charge in [-0.2, -0.15) is 8.78 Å². The first kappa shape index (κ1) is 15.1. The molecule has 1 saturated carbocycles. The third-order valence-electron chi connectivity index (χ3n) is 3.66. The molecule has 0 aliphatic heterocycles. The van der Waals surface area contributed by atoms with Gasteiger partial charge in [-0.15, -0.1) is 10.2 Å². The third-order valence-corrected chi connectivity index (χ3v) is 3.66. The van der Waals surface area contributed by atoms with Crippen molar-refractivity contribution >= 4 is 0 Å². The normalized spacial score (nSPS) is 19.3. The number of rotatable bonds is 4. The summed E-state index contributed by atoms with van der Waals surface area (Å²) < 4.78 is 29.8. The van der Waals surface area contributed by atoms with Crippen LogP contribution in [0.25, 0.3) is 11.3 Å². The second-order valence-electron chi connectivity index (χ2n) is 5.14. The quantitative estimate of drug-likeness (QED) is 0.886. The Kier molecular flexibility index (Phi) is 3.77. The van der Waals surface area contributed by atoms with Crippen LogP contribution in [0.3, 0.4) is 0 Å². The first-order valence-corrected chi connectivity index (χ1v) is 6.76. The molecule has 2 N–H and O–H groups in total. The van der Waals surface area contributed by atoms with Gasteiger partial charge < -0.3 is 9.72 Å². The Labute approximate surface area is 128 Å². The number of ether oxygens (including phenoxy) is 1. The van der Waals surface area contributed by atoms with E-state index in [1.165, 1.54) is 13.3 Å². The van der Waals surface area contributed by atoms with E-state index in [4.69, 9.17) is 4.74 Å². The van der Waals surface area contributed by atoms with E-state index in [2.05, 4.69) is 20.2 Å². The van der Waals surface area contributed by atoms with Crippen molar-refractivity contribution in [1.29, 1.82) is 0 Å². The lowest BCUT2D eigenvalue weighted by molar-refractivity contribution is 0.386. The number of H-pyrrole nitrogens is 2. The second-order valence-corrected chi connectivity index (χ2v) is 5.14. The molecule has 0 aromatic carbocycles. The van der Waals surface area contributed by atoms with Crippen LogP contribution < -0.4 is 16.0 Å². The van der Waals surface area contributed by atoms with Crippen molar-refractivity contribution in [2.45, 2.75) is 12.3 Å². The van der Waals surface area contributed by atoms with Gasteiger partial charge in [0, 0.05) is 11.8 Å². The first-order chi connectivity index (χ1) is 11.0. The number of methoxy groups -OCH3 is 1. The Bertz CT molecular complexity index is 886. The molecule has 0 amide bonds. The maximum absolute atomic E-state index is 12.4. The molecular formula is C14H12F2N4O3. The average molecular weight is 322 g/mol. The molecule has 120 valence electrons. The van der Waals surface area contributed by atoms with Crippen molar-refractivity contribution in [2.24, 2.45) is 5.92 Å². The fourth-order valence-corrected chi connectivity index (χ4v) is 2.47. The zero-order chi connectivity index (χ0) is 16.6. The van der Waals surface area contributed by atoms with E-state index in [1.807, 2.05) is 0 Å². The van der Waals surface area contributed by atoms with Crippen LogP contribution in [0, 0.1) is 5.92 Å². The topological polar surface area (TPSA) is 101 Å². The Morgan fingerprint density at radius 1 is 1.39 bits per heavy atom. The summed E-state index contributed by atoms with van der Waals surface area (Å²) in [5.41, 5.74) is -0.280. The van der Waals surface area contributed by atoms with Crippen LogP contribution in [0.5, 0.6) is 5.88 Å². The smallest absolute Gasteiger partial charge is 0.325 e. The van der Waals surface area contributed by atoms with Crippen molar-refractivity contribution < 1.29 is 13.5 Å². The Morgan fingerprint density at radius 3 is 2.83 bits per heavy atom. The zero-order valence-corrected chi connectivity index (χ0v) is 12.0. The summed E-state index contributed by atoms with van der Waals surface area (Å²) >= 11 is 0. The molecule has 0 saturated heterocycles. The average Bonchev–Trinajstić information content (AvgIpc) is 3.25. The maximum atomic E-state index is 12.4. The molecule has 7 nitrogen and oxygen atoms in total.